The minimum Gasteiger partial charge on any atom is -0.493 e. The predicted molar refractivity (Wildman–Crippen MR) is 144 cm³/mol. The number of ether oxygens (including phenoxy) is 1. The molecule has 3 aliphatic rings. The molecule has 0 spiro atoms. The molecule has 1 aliphatic heterocycles. The summed E-state index contributed by atoms with van der Waals surface area (Å²) in [4.78, 5) is 27.1. The number of Topliss-reactive ketones (excluding diaryl/α,β-unsaturated/α-hetero) is 1. The second-order valence-corrected chi connectivity index (χ2v) is 12.1. The minimum absolute atomic E-state index is 0.0454. The molecular weight excluding hydrogens is 491 g/mol. The third kappa shape index (κ3) is 4.19. The third-order valence-corrected chi connectivity index (χ3v) is 9.28. The molecule has 1 aromatic heterocycles. The molecule has 1 atom stereocenters. The molecule has 2 aliphatic carbocycles. The van der Waals surface area contributed by atoms with Gasteiger partial charge in [0.15, 0.2) is 5.78 Å². The Morgan fingerprint density at radius 1 is 1.22 bits per heavy atom. The highest BCUT2D eigenvalue weighted by atomic mass is 32.2. The number of ketones is 1. The van der Waals surface area contributed by atoms with Gasteiger partial charge in [0, 0.05) is 28.4 Å². The summed E-state index contributed by atoms with van der Waals surface area (Å²) in [5.74, 6) is 3.33. The van der Waals surface area contributed by atoms with Crippen LogP contribution in [-0.4, -0.2) is 38.2 Å². The summed E-state index contributed by atoms with van der Waals surface area (Å²) in [5.41, 5.74) is 3.01. The lowest BCUT2D eigenvalue weighted by Crippen LogP contribution is -2.35. The number of aromatic nitrogens is 1. The van der Waals surface area contributed by atoms with Crippen LogP contribution in [0.2, 0.25) is 0 Å². The molecular formula is C29H27FN2O4S. The first-order chi connectivity index (χ1) is 17.8. The summed E-state index contributed by atoms with van der Waals surface area (Å²) in [5, 5.41) is 0.481. The molecule has 1 N–H and O–H groups in total. The second kappa shape index (κ2) is 9.03. The highest BCUT2D eigenvalue weighted by Crippen LogP contribution is 2.43. The van der Waals surface area contributed by atoms with Crippen LogP contribution in [0.3, 0.4) is 0 Å². The summed E-state index contributed by atoms with van der Waals surface area (Å²) in [6.45, 7) is 0.566. The van der Waals surface area contributed by atoms with Gasteiger partial charge in [-0.2, -0.15) is 0 Å². The summed E-state index contributed by atoms with van der Waals surface area (Å²) >= 11 is 0. The topological polar surface area (TPSA) is 77.4 Å². The number of rotatable bonds is 6. The Morgan fingerprint density at radius 3 is 2.78 bits per heavy atom. The SMILES string of the molecule is C=S(=O)(NC(=O)c1c(C2=CC=CCC2=O)c2c3c(ccc2n1Cc1ccccc1F)CCCO3)C1CC1. The Kier molecular flexibility index (Phi) is 5.79. The predicted octanol–water partition coefficient (Wildman–Crippen LogP) is 4.59. The standard InChI is InChI=1S/C29H27FN2O4S/c1-37(35,20-13-14-20)31-29(34)27-25(21-9-3-5-11-24(21)33)26-23(15-12-18-8-6-16-36-28(18)26)32(27)17-19-7-2-4-10-22(19)30/h2-5,7,9-10,12,15,20H,1,6,8,11,13-14,16-17H2,(H,31,34,35). The van der Waals surface area contributed by atoms with Gasteiger partial charge in [0.25, 0.3) is 5.91 Å². The largest absolute Gasteiger partial charge is 0.493 e. The van der Waals surface area contributed by atoms with Gasteiger partial charge in [-0.05, 0) is 49.2 Å². The van der Waals surface area contributed by atoms with Crippen LogP contribution in [0.15, 0.2) is 54.6 Å². The van der Waals surface area contributed by atoms with Gasteiger partial charge in [0.1, 0.15) is 17.3 Å². The zero-order valence-electron chi connectivity index (χ0n) is 20.3. The molecule has 2 heterocycles. The number of carbonyl (C=O) groups excluding carboxylic acids is 2. The van der Waals surface area contributed by atoms with Crippen LogP contribution in [0.5, 0.6) is 5.75 Å². The molecule has 6 nitrogen and oxygen atoms in total. The molecule has 0 radical (unpaired) electrons. The highest BCUT2D eigenvalue weighted by Gasteiger charge is 2.36. The van der Waals surface area contributed by atoms with Gasteiger partial charge in [0.05, 0.1) is 33.8 Å². The molecule has 6 rings (SSSR count). The van der Waals surface area contributed by atoms with Crippen LogP contribution in [0, 0.1) is 5.82 Å². The quantitative estimate of drug-likeness (QED) is 0.485. The molecule has 2 aromatic carbocycles. The molecule has 190 valence electrons. The Labute approximate surface area is 215 Å². The number of allylic oxidation sites excluding steroid dienone is 4. The number of nitrogens with one attached hydrogen (secondary N) is 1. The summed E-state index contributed by atoms with van der Waals surface area (Å²) < 4.78 is 38.6. The molecule has 1 unspecified atom stereocenters. The molecule has 1 fully saturated rings. The smallest absolute Gasteiger partial charge is 0.279 e. The van der Waals surface area contributed by atoms with Crippen LogP contribution >= 0.6 is 0 Å². The van der Waals surface area contributed by atoms with E-state index in [4.69, 9.17) is 4.74 Å². The fourth-order valence-corrected chi connectivity index (χ4v) is 6.69. The van der Waals surface area contributed by atoms with Crippen molar-refractivity contribution in [2.75, 3.05) is 6.61 Å². The third-order valence-electron chi connectivity index (χ3n) is 7.20. The van der Waals surface area contributed by atoms with E-state index in [0.29, 0.717) is 40.0 Å². The summed E-state index contributed by atoms with van der Waals surface area (Å²) in [6, 6.07) is 10.3. The molecule has 1 saturated carbocycles. The Bertz CT molecular complexity index is 1630. The average molecular weight is 519 g/mol. The maximum Gasteiger partial charge on any atom is 0.279 e. The minimum atomic E-state index is -2.88. The number of halogens is 1. The number of nitrogens with zero attached hydrogens (tertiary/aromatic N) is 1. The number of hydrogen-bond acceptors (Lipinski definition) is 4. The Balaban J connectivity index is 1.66. The fraction of sp³-hybridized carbons (Fsp3) is 0.276. The maximum absolute atomic E-state index is 14.8. The first-order valence-electron chi connectivity index (χ1n) is 12.5. The molecule has 37 heavy (non-hydrogen) atoms. The van der Waals surface area contributed by atoms with E-state index in [-0.39, 0.29) is 29.7 Å². The van der Waals surface area contributed by atoms with E-state index in [1.54, 1.807) is 41.0 Å². The highest BCUT2D eigenvalue weighted by molar-refractivity contribution is 7.99. The number of amides is 1. The van der Waals surface area contributed by atoms with Crippen molar-refractivity contribution in [2.45, 2.75) is 43.9 Å². The summed E-state index contributed by atoms with van der Waals surface area (Å²) in [6.07, 6.45) is 8.63. The fourth-order valence-electron chi connectivity index (χ4n) is 5.22. The van der Waals surface area contributed by atoms with Gasteiger partial charge < -0.3 is 9.30 Å². The van der Waals surface area contributed by atoms with Gasteiger partial charge in [-0.25, -0.2) is 8.60 Å². The van der Waals surface area contributed by atoms with Crippen LogP contribution in [0.4, 0.5) is 4.39 Å². The van der Waals surface area contributed by atoms with Crippen molar-refractivity contribution in [1.29, 1.82) is 0 Å². The zero-order valence-corrected chi connectivity index (χ0v) is 21.1. The van der Waals surface area contributed by atoms with Gasteiger partial charge >= 0.3 is 0 Å². The van der Waals surface area contributed by atoms with E-state index in [1.807, 2.05) is 12.1 Å². The van der Waals surface area contributed by atoms with Crippen molar-refractivity contribution in [2.24, 2.45) is 0 Å². The lowest BCUT2D eigenvalue weighted by atomic mass is 9.91. The van der Waals surface area contributed by atoms with Crippen molar-refractivity contribution in [3.05, 3.63) is 82.8 Å². The van der Waals surface area contributed by atoms with E-state index in [0.717, 1.165) is 31.2 Å². The van der Waals surface area contributed by atoms with E-state index in [2.05, 4.69) is 10.6 Å². The number of hydrogen-bond donors (Lipinski definition) is 1. The van der Waals surface area contributed by atoms with Crippen LogP contribution in [0.25, 0.3) is 16.5 Å². The number of carbonyl (C=O) groups is 2. The zero-order chi connectivity index (χ0) is 25.7. The maximum atomic E-state index is 14.8. The second-order valence-electron chi connectivity index (χ2n) is 9.79. The van der Waals surface area contributed by atoms with E-state index >= 15 is 0 Å². The van der Waals surface area contributed by atoms with E-state index in [1.165, 1.54) is 6.07 Å². The molecule has 8 heteroatoms. The molecule has 3 aromatic rings. The number of benzene rings is 2. The van der Waals surface area contributed by atoms with Gasteiger partial charge in [-0.15, -0.1) is 0 Å². The van der Waals surface area contributed by atoms with Gasteiger partial charge in [-0.1, -0.05) is 42.5 Å². The first-order valence-corrected chi connectivity index (χ1v) is 14.3. The lowest BCUT2D eigenvalue weighted by Gasteiger charge is -2.19. The Hall–Kier alpha value is -3.65. The van der Waals surface area contributed by atoms with Crippen molar-refractivity contribution < 1.29 is 22.9 Å². The molecule has 0 bridgehead atoms. The van der Waals surface area contributed by atoms with Gasteiger partial charge in [-0.3, -0.25) is 14.3 Å². The summed E-state index contributed by atoms with van der Waals surface area (Å²) in [7, 11) is -2.88. The lowest BCUT2D eigenvalue weighted by molar-refractivity contribution is -0.113. The van der Waals surface area contributed by atoms with Crippen LogP contribution in [0.1, 0.15) is 52.9 Å². The van der Waals surface area contributed by atoms with Crippen molar-refractivity contribution >= 4 is 43.7 Å². The van der Waals surface area contributed by atoms with E-state index < -0.39 is 21.4 Å². The monoisotopic (exact) mass is 518 g/mol. The molecule has 1 amide bonds. The van der Waals surface area contributed by atoms with Crippen molar-refractivity contribution in [3.63, 3.8) is 0 Å². The first kappa shape index (κ1) is 23.7. The van der Waals surface area contributed by atoms with E-state index in [9.17, 15) is 18.2 Å². The number of fused-ring (bicyclic) bond motifs is 3. The van der Waals surface area contributed by atoms with Gasteiger partial charge in [0.2, 0.25) is 0 Å². The van der Waals surface area contributed by atoms with Crippen LogP contribution in [-0.2, 0) is 27.5 Å². The van der Waals surface area contributed by atoms with Crippen LogP contribution < -0.4 is 9.46 Å². The van der Waals surface area contributed by atoms with Crippen molar-refractivity contribution in [1.82, 2.24) is 9.29 Å². The average Bonchev–Trinajstić information content (AvgIpc) is 3.70. The normalized spacial score (nSPS) is 18.6. The molecule has 0 saturated heterocycles. The van der Waals surface area contributed by atoms with Crippen molar-refractivity contribution in [3.8, 4) is 5.75 Å². The number of aryl methyl sites for hydroxylation is 1. The Morgan fingerprint density at radius 2 is 2.03 bits per heavy atom.